The van der Waals surface area contributed by atoms with Crippen LogP contribution in [0, 0.1) is 0 Å². The Labute approximate surface area is 158 Å². The van der Waals surface area contributed by atoms with Crippen LogP contribution in [0.5, 0.6) is 5.75 Å². The standard InChI is InChI=1S/C21H24N4O2/c1-21(22)11-3-2-6-18(21)20-24-19(25-27-20)16-7-9-17(10-8-16)26-14-15-5-4-12-23-13-15/h4-5,7-10,12-13,18H,2-3,6,11,14,22H2,1H3. The van der Waals surface area contributed by atoms with Gasteiger partial charge in [0.1, 0.15) is 12.4 Å². The number of rotatable bonds is 5. The number of benzene rings is 1. The van der Waals surface area contributed by atoms with E-state index in [-0.39, 0.29) is 11.5 Å². The summed E-state index contributed by atoms with van der Waals surface area (Å²) in [5.74, 6) is 2.14. The quantitative estimate of drug-likeness (QED) is 0.734. The molecule has 4 rings (SSSR count). The summed E-state index contributed by atoms with van der Waals surface area (Å²) in [5, 5.41) is 4.16. The molecule has 0 spiro atoms. The Morgan fingerprint density at radius 3 is 2.81 bits per heavy atom. The lowest BCUT2D eigenvalue weighted by molar-refractivity contribution is 0.223. The third-order valence-corrected chi connectivity index (χ3v) is 5.23. The highest BCUT2D eigenvalue weighted by atomic mass is 16.5. The maximum Gasteiger partial charge on any atom is 0.231 e. The Morgan fingerprint density at radius 1 is 1.22 bits per heavy atom. The second-order valence-electron chi connectivity index (χ2n) is 7.43. The van der Waals surface area contributed by atoms with Crippen molar-refractivity contribution in [3.63, 3.8) is 0 Å². The van der Waals surface area contributed by atoms with Crippen molar-refractivity contribution >= 4 is 0 Å². The van der Waals surface area contributed by atoms with Crippen molar-refractivity contribution in [3.05, 3.63) is 60.2 Å². The van der Waals surface area contributed by atoms with Gasteiger partial charge in [-0.15, -0.1) is 0 Å². The molecule has 27 heavy (non-hydrogen) atoms. The molecule has 1 aromatic carbocycles. The molecule has 2 unspecified atom stereocenters. The highest BCUT2D eigenvalue weighted by Crippen LogP contribution is 2.38. The van der Waals surface area contributed by atoms with Crippen molar-refractivity contribution < 1.29 is 9.26 Å². The number of hydrogen-bond acceptors (Lipinski definition) is 6. The predicted molar refractivity (Wildman–Crippen MR) is 102 cm³/mol. The Balaban J connectivity index is 1.44. The highest BCUT2D eigenvalue weighted by Gasteiger charge is 2.37. The number of nitrogens with two attached hydrogens (primary N) is 1. The van der Waals surface area contributed by atoms with Gasteiger partial charge in [-0.25, -0.2) is 0 Å². The van der Waals surface area contributed by atoms with Crippen molar-refractivity contribution in [2.24, 2.45) is 5.73 Å². The zero-order chi connectivity index (χ0) is 18.7. The molecule has 0 bridgehead atoms. The van der Waals surface area contributed by atoms with E-state index >= 15 is 0 Å². The third-order valence-electron chi connectivity index (χ3n) is 5.23. The predicted octanol–water partition coefficient (Wildman–Crippen LogP) is 4.09. The molecule has 0 amide bonds. The van der Waals surface area contributed by atoms with Gasteiger partial charge in [-0.2, -0.15) is 4.98 Å². The molecule has 0 saturated heterocycles. The molecule has 0 radical (unpaired) electrons. The average molecular weight is 364 g/mol. The van der Waals surface area contributed by atoms with Crippen LogP contribution in [0.2, 0.25) is 0 Å². The number of aromatic nitrogens is 3. The summed E-state index contributed by atoms with van der Waals surface area (Å²) in [7, 11) is 0. The topological polar surface area (TPSA) is 87.1 Å². The summed E-state index contributed by atoms with van der Waals surface area (Å²) < 4.78 is 11.3. The van der Waals surface area contributed by atoms with Crippen LogP contribution >= 0.6 is 0 Å². The monoisotopic (exact) mass is 364 g/mol. The summed E-state index contributed by atoms with van der Waals surface area (Å²) in [6, 6.07) is 11.6. The summed E-state index contributed by atoms with van der Waals surface area (Å²) in [4.78, 5) is 8.70. The Hall–Kier alpha value is -2.73. The first kappa shape index (κ1) is 17.7. The molecule has 2 atom stereocenters. The fourth-order valence-corrected chi connectivity index (χ4v) is 3.61. The van der Waals surface area contributed by atoms with Crippen molar-refractivity contribution in [2.45, 2.75) is 50.7 Å². The highest BCUT2D eigenvalue weighted by molar-refractivity contribution is 5.55. The van der Waals surface area contributed by atoms with E-state index in [1.807, 2.05) is 36.4 Å². The smallest absolute Gasteiger partial charge is 0.231 e. The van der Waals surface area contributed by atoms with Gasteiger partial charge in [0.25, 0.3) is 0 Å². The number of ether oxygens (including phenoxy) is 1. The molecule has 1 aliphatic rings. The van der Waals surface area contributed by atoms with E-state index in [2.05, 4.69) is 22.0 Å². The molecule has 1 aliphatic carbocycles. The average Bonchev–Trinajstić information content (AvgIpc) is 3.17. The van der Waals surface area contributed by atoms with Gasteiger partial charge < -0.3 is 15.0 Å². The maximum absolute atomic E-state index is 6.45. The van der Waals surface area contributed by atoms with E-state index < -0.39 is 0 Å². The third kappa shape index (κ3) is 4.01. The molecule has 1 fully saturated rings. The Bertz CT molecular complexity index is 875. The summed E-state index contributed by atoms with van der Waals surface area (Å²) in [6.07, 6.45) is 7.83. The number of nitrogens with zero attached hydrogens (tertiary/aromatic N) is 3. The molecule has 2 aromatic heterocycles. The maximum atomic E-state index is 6.45. The van der Waals surface area contributed by atoms with Crippen LogP contribution in [0.25, 0.3) is 11.4 Å². The summed E-state index contributed by atoms with van der Waals surface area (Å²) in [5.41, 5.74) is 8.09. The minimum atomic E-state index is -0.286. The zero-order valence-electron chi connectivity index (χ0n) is 15.5. The van der Waals surface area contributed by atoms with Crippen LogP contribution in [-0.2, 0) is 6.61 Å². The van der Waals surface area contributed by atoms with Gasteiger partial charge in [-0.1, -0.05) is 24.1 Å². The largest absolute Gasteiger partial charge is 0.489 e. The second kappa shape index (κ2) is 7.48. The van der Waals surface area contributed by atoms with E-state index in [1.165, 1.54) is 0 Å². The van der Waals surface area contributed by atoms with Crippen molar-refractivity contribution in [2.75, 3.05) is 0 Å². The van der Waals surface area contributed by atoms with Crippen LogP contribution in [0.3, 0.4) is 0 Å². The molecular weight excluding hydrogens is 340 g/mol. The molecule has 0 aliphatic heterocycles. The van der Waals surface area contributed by atoms with Crippen molar-refractivity contribution in [3.8, 4) is 17.1 Å². The molecule has 6 nitrogen and oxygen atoms in total. The van der Waals surface area contributed by atoms with E-state index in [4.69, 9.17) is 15.0 Å². The molecular formula is C21H24N4O2. The van der Waals surface area contributed by atoms with Gasteiger partial charge in [0, 0.05) is 29.1 Å². The zero-order valence-corrected chi connectivity index (χ0v) is 15.5. The van der Waals surface area contributed by atoms with Crippen molar-refractivity contribution in [1.29, 1.82) is 0 Å². The van der Waals surface area contributed by atoms with E-state index in [9.17, 15) is 0 Å². The normalized spacial score (nSPS) is 22.5. The second-order valence-corrected chi connectivity index (χ2v) is 7.43. The van der Waals surface area contributed by atoms with Crippen LogP contribution < -0.4 is 10.5 Å². The lowest BCUT2D eigenvalue weighted by Gasteiger charge is -2.35. The minimum absolute atomic E-state index is 0.120. The van der Waals surface area contributed by atoms with E-state index in [1.54, 1.807) is 12.4 Å². The molecule has 2 N–H and O–H groups in total. The van der Waals surface area contributed by atoms with Gasteiger partial charge in [0.2, 0.25) is 11.7 Å². The number of hydrogen-bond donors (Lipinski definition) is 1. The molecule has 6 heteroatoms. The van der Waals surface area contributed by atoms with Crippen LogP contribution in [-0.4, -0.2) is 20.7 Å². The number of pyridine rings is 1. The lowest BCUT2D eigenvalue weighted by atomic mass is 9.74. The Morgan fingerprint density at radius 2 is 2.07 bits per heavy atom. The lowest BCUT2D eigenvalue weighted by Crippen LogP contribution is -2.44. The molecule has 140 valence electrons. The van der Waals surface area contributed by atoms with Crippen LogP contribution in [0.4, 0.5) is 0 Å². The first-order chi connectivity index (χ1) is 13.1. The van der Waals surface area contributed by atoms with Crippen molar-refractivity contribution in [1.82, 2.24) is 15.1 Å². The fraction of sp³-hybridized carbons (Fsp3) is 0.381. The van der Waals surface area contributed by atoms with Crippen LogP contribution in [0.15, 0.2) is 53.3 Å². The van der Waals surface area contributed by atoms with Gasteiger partial charge in [0.15, 0.2) is 0 Å². The van der Waals surface area contributed by atoms with E-state index in [0.717, 1.165) is 42.6 Å². The SMILES string of the molecule is CC1(N)CCCCC1c1nc(-c2ccc(OCc3cccnc3)cc2)no1. The van der Waals surface area contributed by atoms with Gasteiger partial charge in [0.05, 0.1) is 5.92 Å². The molecule has 3 aromatic rings. The van der Waals surface area contributed by atoms with E-state index in [0.29, 0.717) is 18.3 Å². The Kier molecular flexibility index (Phi) is 4.90. The first-order valence-electron chi connectivity index (χ1n) is 9.36. The van der Waals surface area contributed by atoms with Crippen LogP contribution in [0.1, 0.15) is 50.0 Å². The minimum Gasteiger partial charge on any atom is -0.489 e. The summed E-state index contributed by atoms with van der Waals surface area (Å²) in [6.45, 7) is 2.56. The van der Waals surface area contributed by atoms with Gasteiger partial charge in [-0.3, -0.25) is 4.98 Å². The molecule has 1 saturated carbocycles. The summed E-state index contributed by atoms with van der Waals surface area (Å²) >= 11 is 0. The molecule has 2 heterocycles. The van der Waals surface area contributed by atoms with Gasteiger partial charge in [-0.05, 0) is 50.1 Å². The fourth-order valence-electron chi connectivity index (χ4n) is 3.61. The van der Waals surface area contributed by atoms with Gasteiger partial charge >= 0.3 is 0 Å². The first-order valence-corrected chi connectivity index (χ1v) is 9.36.